The van der Waals surface area contributed by atoms with Gasteiger partial charge in [-0.05, 0) is 54.1 Å². The van der Waals surface area contributed by atoms with E-state index in [1.54, 1.807) is 25.5 Å². The van der Waals surface area contributed by atoms with Gasteiger partial charge in [-0.15, -0.1) is 0 Å². The van der Waals surface area contributed by atoms with Crippen molar-refractivity contribution in [2.75, 3.05) is 7.11 Å². The van der Waals surface area contributed by atoms with Gasteiger partial charge in [0.1, 0.15) is 23.9 Å². The third-order valence-electron chi connectivity index (χ3n) is 3.65. The second kappa shape index (κ2) is 8.11. The van der Waals surface area contributed by atoms with E-state index < -0.39 is 0 Å². The number of ether oxygens (including phenoxy) is 2. The molecular weight excluding hydrogens is 317 g/mol. The van der Waals surface area contributed by atoms with Gasteiger partial charge >= 0.3 is 0 Å². The molecule has 4 heteroatoms. The first-order valence-electron chi connectivity index (χ1n) is 7.89. The van der Waals surface area contributed by atoms with E-state index in [-0.39, 0.29) is 5.82 Å². The fourth-order valence-corrected chi connectivity index (χ4v) is 2.27. The lowest BCUT2D eigenvalue weighted by Gasteiger charge is -2.09. The summed E-state index contributed by atoms with van der Waals surface area (Å²) in [6.45, 7) is 0.369. The van der Waals surface area contributed by atoms with Crippen LogP contribution in [0.5, 0.6) is 11.5 Å². The summed E-state index contributed by atoms with van der Waals surface area (Å²) in [5.41, 5.74) is 2.61. The van der Waals surface area contributed by atoms with Gasteiger partial charge in [-0.25, -0.2) is 4.39 Å². The van der Waals surface area contributed by atoms with Gasteiger partial charge in [0, 0.05) is 11.8 Å². The van der Waals surface area contributed by atoms with Gasteiger partial charge in [0.25, 0.3) is 0 Å². The second-order valence-electron chi connectivity index (χ2n) is 5.41. The lowest BCUT2D eigenvalue weighted by Crippen LogP contribution is -1.98. The average molecular weight is 335 g/mol. The first kappa shape index (κ1) is 16.7. The highest BCUT2D eigenvalue weighted by molar-refractivity contribution is 5.85. The summed E-state index contributed by atoms with van der Waals surface area (Å²) in [6.07, 6.45) is 1.77. The van der Waals surface area contributed by atoms with Crippen LogP contribution in [-0.4, -0.2) is 13.3 Å². The highest BCUT2D eigenvalue weighted by Gasteiger charge is 2.02. The Balaban J connectivity index is 1.71. The summed E-state index contributed by atoms with van der Waals surface area (Å²) >= 11 is 0. The fraction of sp³-hybridized carbons (Fsp3) is 0.0952. The number of halogens is 1. The van der Waals surface area contributed by atoms with Crippen molar-refractivity contribution in [1.82, 2.24) is 0 Å². The Morgan fingerprint density at radius 1 is 0.920 bits per heavy atom. The number of hydrogen-bond donors (Lipinski definition) is 0. The topological polar surface area (TPSA) is 30.8 Å². The molecule has 0 saturated heterocycles. The van der Waals surface area contributed by atoms with Crippen molar-refractivity contribution in [3.63, 3.8) is 0 Å². The molecule has 0 aliphatic heterocycles. The zero-order chi connectivity index (χ0) is 17.5. The Labute approximate surface area is 146 Å². The smallest absolute Gasteiger partial charge is 0.128 e. The zero-order valence-electron chi connectivity index (χ0n) is 13.9. The van der Waals surface area contributed by atoms with Crippen LogP contribution in [0.4, 0.5) is 10.1 Å². The van der Waals surface area contributed by atoms with E-state index in [9.17, 15) is 4.39 Å². The van der Waals surface area contributed by atoms with Gasteiger partial charge in [0.2, 0.25) is 0 Å². The molecule has 0 aliphatic carbocycles. The Morgan fingerprint density at radius 3 is 2.36 bits per heavy atom. The molecule has 0 saturated carbocycles. The van der Waals surface area contributed by atoms with Crippen molar-refractivity contribution >= 4 is 11.9 Å². The predicted octanol–water partition coefficient (Wildman–Crippen LogP) is 5.16. The Kier molecular flexibility index (Phi) is 5.42. The van der Waals surface area contributed by atoms with Gasteiger partial charge in [0.15, 0.2) is 0 Å². The van der Waals surface area contributed by atoms with E-state index >= 15 is 0 Å². The van der Waals surface area contributed by atoms with Crippen LogP contribution < -0.4 is 9.47 Å². The molecule has 0 aliphatic rings. The van der Waals surface area contributed by atoms with Crippen LogP contribution in [0.15, 0.2) is 77.8 Å². The third-order valence-corrected chi connectivity index (χ3v) is 3.65. The fourth-order valence-electron chi connectivity index (χ4n) is 2.27. The monoisotopic (exact) mass is 335 g/mol. The van der Waals surface area contributed by atoms with E-state index in [1.165, 1.54) is 12.1 Å². The van der Waals surface area contributed by atoms with Crippen molar-refractivity contribution in [2.45, 2.75) is 6.61 Å². The van der Waals surface area contributed by atoms with Crippen LogP contribution >= 0.6 is 0 Å². The molecule has 0 unspecified atom stereocenters. The van der Waals surface area contributed by atoms with E-state index in [2.05, 4.69) is 4.99 Å². The van der Waals surface area contributed by atoms with Crippen molar-refractivity contribution < 1.29 is 13.9 Å². The number of nitrogens with zero attached hydrogens (tertiary/aromatic N) is 1. The van der Waals surface area contributed by atoms with Gasteiger partial charge < -0.3 is 9.47 Å². The first-order valence-corrected chi connectivity index (χ1v) is 7.89. The van der Waals surface area contributed by atoms with Gasteiger partial charge in [-0.2, -0.15) is 0 Å². The SMILES string of the molecule is COc1ccc(N=Cc2ccccc2OCc2ccc(F)cc2)cc1. The van der Waals surface area contributed by atoms with Gasteiger partial charge in [0.05, 0.1) is 12.8 Å². The molecule has 3 aromatic carbocycles. The normalized spacial score (nSPS) is 10.8. The highest BCUT2D eigenvalue weighted by atomic mass is 19.1. The maximum Gasteiger partial charge on any atom is 0.128 e. The Bertz CT molecular complexity index is 843. The molecule has 0 radical (unpaired) electrons. The minimum absolute atomic E-state index is 0.254. The molecule has 0 amide bonds. The summed E-state index contributed by atoms with van der Waals surface area (Å²) in [4.78, 5) is 4.47. The largest absolute Gasteiger partial charge is 0.497 e. The Morgan fingerprint density at radius 2 is 1.64 bits per heavy atom. The number of rotatable bonds is 6. The van der Waals surface area contributed by atoms with E-state index in [0.29, 0.717) is 6.61 Å². The standard InChI is InChI=1S/C21H18FNO2/c1-24-20-12-10-19(11-13-20)23-14-17-4-2-3-5-21(17)25-15-16-6-8-18(22)9-7-16/h2-14H,15H2,1H3. The van der Waals surface area contributed by atoms with E-state index in [1.807, 2.05) is 48.5 Å². The zero-order valence-corrected chi connectivity index (χ0v) is 13.9. The quantitative estimate of drug-likeness (QED) is 0.582. The third kappa shape index (κ3) is 4.67. The Hall–Kier alpha value is -3.14. The summed E-state index contributed by atoms with van der Waals surface area (Å²) in [7, 11) is 1.63. The van der Waals surface area contributed by atoms with E-state index in [0.717, 1.165) is 28.3 Å². The maximum atomic E-state index is 13.0. The number of para-hydroxylation sites is 1. The molecule has 3 nitrogen and oxygen atoms in total. The molecule has 0 heterocycles. The summed E-state index contributed by atoms with van der Waals surface area (Å²) < 4.78 is 23.9. The maximum absolute atomic E-state index is 13.0. The summed E-state index contributed by atoms with van der Waals surface area (Å²) in [6, 6.07) is 21.4. The highest BCUT2D eigenvalue weighted by Crippen LogP contribution is 2.21. The van der Waals surface area contributed by atoms with Gasteiger partial charge in [-0.1, -0.05) is 24.3 Å². The molecule has 0 bridgehead atoms. The average Bonchev–Trinajstić information content (AvgIpc) is 2.67. The minimum atomic E-state index is -0.254. The van der Waals surface area contributed by atoms with Crippen molar-refractivity contribution in [1.29, 1.82) is 0 Å². The number of benzene rings is 3. The van der Waals surface area contributed by atoms with Crippen LogP contribution in [-0.2, 0) is 6.61 Å². The van der Waals surface area contributed by atoms with Crippen molar-refractivity contribution in [3.05, 3.63) is 89.7 Å². The van der Waals surface area contributed by atoms with Crippen LogP contribution in [0.25, 0.3) is 0 Å². The number of hydrogen-bond acceptors (Lipinski definition) is 3. The van der Waals surface area contributed by atoms with Gasteiger partial charge in [-0.3, -0.25) is 4.99 Å². The second-order valence-corrected chi connectivity index (χ2v) is 5.41. The molecule has 0 atom stereocenters. The summed E-state index contributed by atoms with van der Waals surface area (Å²) in [5, 5.41) is 0. The molecule has 0 aromatic heterocycles. The molecular formula is C21H18FNO2. The number of aliphatic imine (C=N–C) groups is 1. The molecule has 3 rings (SSSR count). The van der Waals surface area contributed by atoms with Crippen LogP contribution in [0, 0.1) is 5.82 Å². The molecule has 25 heavy (non-hydrogen) atoms. The lowest BCUT2D eigenvalue weighted by atomic mass is 10.2. The molecule has 0 N–H and O–H groups in total. The van der Waals surface area contributed by atoms with E-state index in [4.69, 9.17) is 9.47 Å². The number of methoxy groups -OCH3 is 1. The minimum Gasteiger partial charge on any atom is -0.497 e. The molecule has 126 valence electrons. The molecule has 0 spiro atoms. The predicted molar refractivity (Wildman–Crippen MR) is 97.4 cm³/mol. The van der Waals surface area contributed by atoms with Crippen LogP contribution in [0.3, 0.4) is 0 Å². The van der Waals surface area contributed by atoms with Crippen LogP contribution in [0.2, 0.25) is 0 Å². The summed E-state index contributed by atoms with van der Waals surface area (Å²) in [5.74, 6) is 1.27. The lowest BCUT2D eigenvalue weighted by molar-refractivity contribution is 0.305. The van der Waals surface area contributed by atoms with Crippen molar-refractivity contribution in [2.24, 2.45) is 4.99 Å². The molecule has 0 fully saturated rings. The van der Waals surface area contributed by atoms with Crippen LogP contribution in [0.1, 0.15) is 11.1 Å². The van der Waals surface area contributed by atoms with Crippen molar-refractivity contribution in [3.8, 4) is 11.5 Å². The molecule has 3 aromatic rings. The first-order chi connectivity index (χ1) is 12.2.